The van der Waals surface area contributed by atoms with Crippen molar-refractivity contribution < 1.29 is 86.6 Å². The molecule has 0 saturated carbocycles. The Balaban J connectivity index is 0.0000149. The molecule has 0 aliphatic heterocycles. The van der Waals surface area contributed by atoms with E-state index in [1.807, 2.05) is 24.3 Å². The molecule has 0 bridgehead atoms. The van der Waals surface area contributed by atoms with Gasteiger partial charge in [-0.3, -0.25) is 4.57 Å². The number of benzene rings is 14. The zero-order valence-corrected chi connectivity index (χ0v) is 61.3. The number of pyridine rings is 1. The summed E-state index contributed by atoms with van der Waals surface area (Å²) in [6.45, 7) is 6.05. The molecule has 18 rings (SSSR count). The molecular formula is C99H78N4OPtSi2-2. The first kappa shape index (κ1) is 36.6. The van der Waals surface area contributed by atoms with Gasteiger partial charge < -0.3 is 13.9 Å². The topological polar surface area (TPSA) is 35.9 Å². The Morgan fingerprint density at radius 2 is 0.925 bits per heavy atom. The van der Waals surface area contributed by atoms with Gasteiger partial charge >= 0.3 is 0 Å². The van der Waals surface area contributed by atoms with Gasteiger partial charge in [-0.1, -0.05) is 342 Å². The van der Waals surface area contributed by atoms with Crippen LogP contribution in [0.15, 0.2) is 357 Å². The fourth-order valence-electron chi connectivity index (χ4n) is 14.5. The summed E-state index contributed by atoms with van der Waals surface area (Å²) in [5.41, 5.74) is -0.288. The summed E-state index contributed by atoms with van der Waals surface area (Å²) in [6.07, 6.45) is 6.66. The van der Waals surface area contributed by atoms with E-state index >= 15 is 0 Å². The molecule has 0 N–H and O–H groups in total. The number of imidazole rings is 1. The molecule has 107 heavy (non-hydrogen) atoms. The van der Waals surface area contributed by atoms with Gasteiger partial charge in [0.2, 0.25) is 0 Å². The number of nitrogens with zero attached hydrogens (tertiary/aromatic N) is 4. The van der Waals surface area contributed by atoms with Gasteiger partial charge in [-0.2, -0.15) is 18.2 Å². The molecule has 0 atom stereocenters. The van der Waals surface area contributed by atoms with E-state index in [2.05, 4.69) is 58.3 Å². The predicted molar refractivity (Wildman–Crippen MR) is 444 cm³/mol. The van der Waals surface area contributed by atoms with Crippen molar-refractivity contribution in [2.45, 2.75) is 58.2 Å². The van der Waals surface area contributed by atoms with Crippen molar-refractivity contribution in [3.05, 3.63) is 392 Å². The summed E-state index contributed by atoms with van der Waals surface area (Å²) in [5.74, 6) is 0.194. The van der Waals surface area contributed by atoms with E-state index in [1.54, 1.807) is 35.0 Å². The summed E-state index contributed by atoms with van der Waals surface area (Å²) in [4.78, 5) is 5.01. The van der Waals surface area contributed by atoms with Gasteiger partial charge in [0.25, 0.3) is 6.33 Å². The average molecular weight is 1630 g/mol. The molecule has 1 aliphatic carbocycles. The molecule has 14 aromatic carbocycles. The fourth-order valence-corrected chi connectivity index (χ4v) is 21.6. The van der Waals surface area contributed by atoms with Gasteiger partial charge in [-0.25, -0.2) is 4.98 Å². The van der Waals surface area contributed by atoms with Gasteiger partial charge in [-0.15, -0.1) is 29.7 Å². The molecule has 1 aliphatic rings. The molecule has 5 nitrogen and oxygen atoms in total. The number of ether oxygens (including phenoxy) is 1. The minimum Gasteiger partial charge on any atom is -0.510 e. The summed E-state index contributed by atoms with van der Waals surface area (Å²) in [5, 5.41) is -8.67. The van der Waals surface area contributed by atoms with Crippen LogP contribution in [0.3, 0.4) is 0 Å². The largest absolute Gasteiger partial charge is 0.510 e. The van der Waals surface area contributed by atoms with Gasteiger partial charge in [0, 0.05) is 54.0 Å². The van der Waals surface area contributed by atoms with Gasteiger partial charge in [-0.05, 0) is 140 Å². The van der Waals surface area contributed by atoms with Crippen LogP contribution in [-0.2, 0) is 31.9 Å². The quantitative estimate of drug-likeness (QED) is 0.0418. The summed E-state index contributed by atoms with van der Waals surface area (Å²) >= 11 is 0. The van der Waals surface area contributed by atoms with Crippen LogP contribution in [0.4, 0.5) is 0 Å². The van der Waals surface area contributed by atoms with Gasteiger partial charge in [0.15, 0.2) is 16.1 Å². The van der Waals surface area contributed by atoms with E-state index in [0.29, 0.717) is 32.9 Å². The number of rotatable bonds is 16. The average Bonchev–Trinajstić information content (AvgIpc) is 0.723. The first-order chi connectivity index (χ1) is 68.9. The Hall–Kier alpha value is -11.6. The van der Waals surface area contributed by atoms with Crippen molar-refractivity contribution in [3.63, 3.8) is 0 Å². The second kappa shape index (κ2) is 28.0. The predicted octanol–water partition coefficient (Wildman–Crippen LogP) is 18.0. The van der Waals surface area contributed by atoms with Crippen molar-refractivity contribution in [2.75, 3.05) is 0 Å². The van der Waals surface area contributed by atoms with E-state index < -0.39 is 322 Å². The fraction of sp³-hybridized carbons (Fsp3) is 0.0909. The number of hydrogen-bond donors (Lipinski definition) is 0. The van der Waals surface area contributed by atoms with Gasteiger partial charge in [0.1, 0.15) is 5.82 Å². The number of hydrogen-bond acceptors (Lipinski definition) is 2. The first-order valence-electron chi connectivity index (χ1n) is 54.0. The summed E-state index contributed by atoms with van der Waals surface area (Å²) in [6, 6.07) is -11.0. The van der Waals surface area contributed by atoms with E-state index in [4.69, 9.17) is 22.1 Å². The molecule has 0 fully saturated rings. The van der Waals surface area contributed by atoms with Crippen molar-refractivity contribution in [1.82, 2.24) is 14.1 Å². The zero-order valence-electron chi connectivity index (χ0n) is 98.1. The number of fused-ring (bicyclic) bond motifs is 5. The molecule has 0 amide bonds. The minimum absolute atomic E-state index is 0. The Kier molecular flexibility index (Phi) is 9.60. The molecule has 0 spiro atoms. The van der Waals surface area contributed by atoms with Crippen molar-refractivity contribution in [2.24, 2.45) is 0 Å². The third-order valence-corrected chi connectivity index (χ3v) is 27.7. The molecule has 8 heteroatoms. The third-order valence-electron chi connectivity index (χ3n) is 19.7. The molecule has 0 unspecified atom stereocenters. The van der Waals surface area contributed by atoms with E-state index in [-0.39, 0.29) is 71.5 Å². The molecular weight excluding hydrogens is 1510 g/mol. The minimum atomic E-state index is -6.76. The van der Waals surface area contributed by atoms with Crippen molar-refractivity contribution in [1.29, 1.82) is 0 Å². The zero-order chi connectivity index (χ0) is 107. The molecule has 520 valence electrons. The molecule has 3 aromatic heterocycles. The number of aryl methyl sites for hydroxylation is 1. The van der Waals surface area contributed by atoms with Crippen LogP contribution < -0.4 is 50.8 Å². The normalized spacial score (nSPS) is 18.8. The Morgan fingerprint density at radius 1 is 0.439 bits per heavy atom. The Morgan fingerprint density at radius 3 is 1.47 bits per heavy atom. The maximum absolute atomic E-state index is 11.3. The van der Waals surface area contributed by atoms with Crippen LogP contribution in [0.1, 0.15) is 113 Å². The van der Waals surface area contributed by atoms with Crippen LogP contribution in [-0.4, -0.2) is 30.3 Å². The molecule has 17 aromatic rings. The molecule has 0 radical (unpaired) electrons. The van der Waals surface area contributed by atoms with Crippen LogP contribution in [0, 0.1) is 25.3 Å². The summed E-state index contributed by atoms with van der Waals surface area (Å²) < 4.78 is 409. The van der Waals surface area contributed by atoms with E-state index in [1.165, 1.54) is 52.6 Å². The van der Waals surface area contributed by atoms with Crippen molar-refractivity contribution in [3.8, 4) is 62.1 Å². The third kappa shape index (κ3) is 11.9. The van der Waals surface area contributed by atoms with Crippen LogP contribution in [0.5, 0.6) is 11.5 Å². The number of aromatic nitrogens is 4. The van der Waals surface area contributed by atoms with E-state index in [9.17, 15) is 43.9 Å². The maximum atomic E-state index is 11.3. The molecule has 0 saturated heterocycles. The van der Waals surface area contributed by atoms with Crippen LogP contribution in [0.2, 0.25) is 0 Å². The summed E-state index contributed by atoms with van der Waals surface area (Å²) in [7, 11) is -13.5. The number of para-hydroxylation sites is 4. The van der Waals surface area contributed by atoms with E-state index in [0.717, 1.165) is 41.2 Å². The van der Waals surface area contributed by atoms with Crippen molar-refractivity contribution >= 4 is 90.5 Å². The van der Waals surface area contributed by atoms with Gasteiger partial charge in [0.05, 0.1) is 68.8 Å². The standard InChI is InChI=1S/C99H78N4OSi2.Pt/c1-70-62-96(100-68-89(70)73-56-59-90-91(65-73)99(4,5)61-60-98(90,2)3)103-92-53-25-24-50-87(92)88-58-57-76(67-95(88)103)104-75-35-30-34-74(66-75)101-69-102(94-55-27-26-54-93(94)101)97-85(71-32-28-48-83(63-71)105(77-36-12-6-13-37-77,78-38-14-7-15-39-78)79-40-16-8-17-41-79)51-31-52-86(97)72-33-29-49-84(64-72)106(80-42-18-9-19-43-80,81-44-20-10-21-45-81)82-46-22-11-23-47-82;/h6-59,62-65,68H,60-61H2,1-5H3;/q-2;/i1D3,6D,7D,8D,9D,10D,11D,12D,13D,14D,15D,16D,17D,18D,19D,20D,21D,22D,23D,28D,29D,32D,33D,36D,37D,38D,39D,40D,41D,42D,43D,44D,45D,46D,47D,48D,49D,63D,64D;. The first-order valence-corrected chi connectivity index (χ1v) is 37.5. The SMILES string of the molecule is [2H]c1c([2H])c([2H])c([Si](c2c([2H])c([2H])c([2H])c([2H])c2[2H])(c2c([2H])c([2H])c([2H])c([2H])c2[2H])c2c([2H])c([2H])c([2H])c(-c3cccc(-c4c([2H])c([2H])c([2H])c([Si](c5c([2H])c([2H])c([2H])c([2H])c5[2H])(c5c([2H])c([2H])c([2H])c([2H])c5[2H])c5c([2H])c([2H])c([2H])c([2H])c5[2H])c4[2H])c3-[n+]3[c-]n(-c4[c-]c(Oc5[c-]c6c(cc5)c5ccccc5n6-c5cc(C([2H])([2H])[2H])c(-c6ccc7c(c6)C(C)(C)CCC7(C)C)cn5)ccc4)c4ccccc43)c2[2H])c([2H])c1[2H].[Pt]. The molecule has 3 heterocycles. The van der Waals surface area contributed by atoms with Crippen LogP contribution >= 0.6 is 0 Å². The smallest absolute Gasteiger partial charge is 0.268 e. The van der Waals surface area contributed by atoms with Crippen LogP contribution in [0.25, 0.3) is 83.4 Å². The Labute approximate surface area is 701 Å². The maximum Gasteiger partial charge on any atom is 0.268 e. The monoisotopic (exact) mass is 1630 g/mol. The second-order valence-corrected chi connectivity index (χ2v) is 33.5. The Bertz CT molecular complexity index is 7910. The second-order valence-electron chi connectivity index (χ2n) is 26.5.